The third-order valence-corrected chi connectivity index (χ3v) is 5.04. The first-order valence-corrected chi connectivity index (χ1v) is 10.1. The lowest BCUT2D eigenvalue weighted by Gasteiger charge is -2.12. The van der Waals surface area contributed by atoms with Gasteiger partial charge in [-0.05, 0) is 49.6 Å². The quantitative estimate of drug-likeness (QED) is 0.712. The molecule has 0 aliphatic carbocycles. The molecule has 1 heterocycles. The summed E-state index contributed by atoms with van der Waals surface area (Å²) in [5.41, 5.74) is 3.72. The van der Waals surface area contributed by atoms with Crippen LogP contribution >= 0.6 is 15.9 Å². The van der Waals surface area contributed by atoms with Gasteiger partial charge in [-0.15, -0.1) is 0 Å². The molecular weight excluding hydrogens is 410 g/mol. The van der Waals surface area contributed by atoms with Gasteiger partial charge in [-0.25, -0.2) is 0 Å². The van der Waals surface area contributed by atoms with Gasteiger partial charge in [0.2, 0.25) is 0 Å². The van der Waals surface area contributed by atoms with Gasteiger partial charge in [0.1, 0.15) is 5.69 Å². The van der Waals surface area contributed by atoms with E-state index in [0.29, 0.717) is 16.9 Å². The molecule has 2 rings (SSSR count). The molecule has 2 aromatic rings. The summed E-state index contributed by atoms with van der Waals surface area (Å²) in [6.07, 6.45) is 2.54. The summed E-state index contributed by atoms with van der Waals surface area (Å²) in [7, 11) is -3.53. The maximum atomic E-state index is 12.7. The highest BCUT2D eigenvalue weighted by Crippen LogP contribution is 2.25. The Morgan fingerprint density at radius 3 is 2.56 bits per heavy atom. The summed E-state index contributed by atoms with van der Waals surface area (Å²) in [5, 5.41) is 7.01. The Labute approximate surface area is 155 Å². The van der Waals surface area contributed by atoms with E-state index >= 15 is 0 Å². The van der Waals surface area contributed by atoms with E-state index in [4.69, 9.17) is 4.18 Å². The lowest BCUT2D eigenvalue weighted by Crippen LogP contribution is -2.21. The van der Waals surface area contributed by atoms with E-state index in [0.717, 1.165) is 21.9 Å². The fourth-order valence-electron chi connectivity index (χ4n) is 2.32. The van der Waals surface area contributed by atoms with Crippen LogP contribution in [0.4, 0.5) is 5.69 Å². The zero-order chi connectivity index (χ0) is 18.8. The standard InChI is InChI=1S/C16H20BrN3O4S/c1-10-8-14(11(2)7-13(10)17)19-16(21)15-12(3)9-18-20(15)5-6-24-25(4,22)23/h7-9H,5-6H2,1-4H3,(H,19,21). The van der Waals surface area contributed by atoms with E-state index < -0.39 is 10.1 Å². The number of halogens is 1. The van der Waals surface area contributed by atoms with Crippen LogP contribution in [-0.2, 0) is 20.8 Å². The summed E-state index contributed by atoms with van der Waals surface area (Å²) < 4.78 is 29.2. The maximum absolute atomic E-state index is 12.7. The van der Waals surface area contributed by atoms with Gasteiger partial charge in [-0.3, -0.25) is 13.7 Å². The van der Waals surface area contributed by atoms with Crippen molar-refractivity contribution in [2.45, 2.75) is 27.3 Å². The third-order valence-electron chi connectivity index (χ3n) is 3.59. The molecule has 0 unspecified atom stereocenters. The van der Waals surface area contributed by atoms with Crippen LogP contribution in [0.3, 0.4) is 0 Å². The van der Waals surface area contributed by atoms with E-state index in [1.54, 1.807) is 13.1 Å². The molecule has 0 spiro atoms. The number of benzene rings is 1. The minimum absolute atomic E-state index is 0.0867. The second-order valence-electron chi connectivity index (χ2n) is 5.80. The summed E-state index contributed by atoms with van der Waals surface area (Å²) >= 11 is 3.46. The highest BCUT2D eigenvalue weighted by atomic mass is 79.9. The van der Waals surface area contributed by atoms with Crippen LogP contribution in [-0.4, -0.2) is 37.0 Å². The van der Waals surface area contributed by atoms with Gasteiger partial charge in [0.25, 0.3) is 16.0 Å². The molecule has 9 heteroatoms. The largest absolute Gasteiger partial charge is 0.320 e. The number of rotatable bonds is 6. The van der Waals surface area contributed by atoms with Crippen molar-refractivity contribution >= 4 is 37.6 Å². The second kappa shape index (κ2) is 7.67. The van der Waals surface area contributed by atoms with Crippen LogP contribution in [0.5, 0.6) is 0 Å². The summed E-state index contributed by atoms with van der Waals surface area (Å²) in [6, 6.07) is 3.83. The van der Waals surface area contributed by atoms with Crippen molar-refractivity contribution in [1.29, 1.82) is 0 Å². The number of anilines is 1. The molecule has 7 nitrogen and oxygen atoms in total. The molecule has 136 valence electrons. The lowest BCUT2D eigenvalue weighted by molar-refractivity contribution is 0.101. The van der Waals surface area contributed by atoms with Crippen molar-refractivity contribution in [3.8, 4) is 0 Å². The molecule has 0 atom stereocenters. The minimum atomic E-state index is -3.53. The Balaban J connectivity index is 2.19. The Morgan fingerprint density at radius 1 is 1.24 bits per heavy atom. The molecule has 25 heavy (non-hydrogen) atoms. The number of hydrogen-bond donors (Lipinski definition) is 1. The average molecular weight is 430 g/mol. The van der Waals surface area contributed by atoms with Crippen molar-refractivity contribution in [3.63, 3.8) is 0 Å². The normalized spacial score (nSPS) is 11.6. The SMILES string of the molecule is Cc1cc(NC(=O)c2c(C)cnn2CCOS(C)(=O)=O)c(C)cc1Br. The Morgan fingerprint density at radius 2 is 1.92 bits per heavy atom. The number of aromatic nitrogens is 2. The van der Waals surface area contributed by atoms with Gasteiger partial charge < -0.3 is 5.32 Å². The highest BCUT2D eigenvalue weighted by molar-refractivity contribution is 9.10. The Kier molecular flexibility index (Phi) is 6.02. The number of carbonyl (C=O) groups excluding carboxylic acids is 1. The fraction of sp³-hybridized carbons (Fsp3) is 0.375. The molecular formula is C16H20BrN3O4S. The van der Waals surface area contributed by atoms with Crippen LogP contribution in [0.2, 0.25) is 0 Å². The number of carbonyl (C=O) groups is 1. The number of amides is 1. The number of nitrogens with one attached hydrogen (secondary N) is 1. The maximum Gasteiger partial charge on any atom is 0.274 e. The van der Waals surface area contributed by atoms with Gasteiger partial charge in [0, 0.05) is 10.2 Å². The predicted molar refractivity (Wildman–Crippen MR) is 99.3 cm³/mol. The molecule has 0 saturated carbocycles. The topological polar surface area (TPSA) is 90.3 Å². The summed E-state index contributed by atoms with van der Waals surface area (Å²) in [6.45, 7) is 5.69. The smallest absolute Gasteiger partial charge is 0.274 e. The zero-order valence-electron chi connectivity index (χ0n) is 14.5. The van der Waals surface area contributed by atoms with E-state index in [9.17, 15) is 13.2 Å². The van der Waals surface area contributed by atoms with Crippen molar-refractivity contribution < 1.29 is 17.4 Å². The van der Waals surface area contributed by atoms with Gasteiger partial charge in [-0.2, -0.15) is 13.5 Å². The number of hydrogen-bond acceptors (Lipinski definition) is 5. The highest BCUT2D eigenvalue weighted by Gasteiger charge is 2.18. The van der Waals surface area contributed by atoms with E-state index in [-0.39, 0.29) is 19.1 Å². The molecule has 0 bridgehead atoms. The van der Waals surface area contributed by atoms with E-state index in [1.165, 1.54) is 4.68 Å². The molecule has 0 fully saturated rings. The first-order valence-electron chi connectivity index (χ1n) is 7.53. The lowest BCUT2D eigenvalue weighted by atomic mass is 10.1. The molecule has 0 aliphatic heterocycles. The third kappa shape index (κ3) is 5.13. The van der Waals surface area contributed by atoms with Gasteiger partial charge in [0.05, 0.1) is 25.6 Å². The molecule has 1 aromatic carbocycles. The first kappa shape index (κ1) is 19.6. The van der Waals surface area contributed by atoms with Crippen molar-refractivity contribution in [3.05, 3.63) is 45.2 Å². The summed E-state index contributed by atoms with van der Waals surface area (Å²) in [5.74, 6) is -0.306. The van der Waals surface area contributed by atoms with Crippen LogP contribution < -0.4 is 5.32 Å². The van der Waals surface area contributed by atoms with Crippen molar-refractivity contribution in [2.24, 2.45) is 0 Å². The Hall–Kier alpha value is -1.71. The van der Waals surface area contributed by atoms with Crippen LogP contribution in [0.25, 0.3) is 0 Å². The molecule has 1 N–H and O–H groups in total. The van der Waals surface area contributed by atoms with Gasteiger partial charge in [0.15, 0.2) is 0 Å². The van der Waals surface area contributed by atoms with E-state index in [2.05, 4.69) is 26.3 Å². The fourth-order valence-corrected chi connectivity index (χ4v) is 3.15. The van der Waals surface area contributed by atoms with Gasteiger partial charge >= 0.3 is 0 Å². The zero-order valence-corrected chi connectivity index (χ0v) is 16.9. The molecule has 1 amide bonds. The number of nitrogens with zero attached hydrogens (tertiary/aromatic N) is 2. The van der Waals surface area contributed by atoms with Crippen molar-refractivity contribution in [2.75, 3.05) is 18.2 Å². The molecule has 0 saturated heterocycles. The second-order valence-corrected chi connectivity index (χ2v) is 8.29. The van der Waals surface area contributed by atoms with Gasteiger partial charge in [-0.1, -0.05) is 15.9 Å². The first-order chi connectivity index (χ1) is 11.6. The number of aryl methyl sites for hydroxylation is 3. The monoisotopic (exact) mass is 429 g/mol. The summed E-state index contributed by atoms with van der Waals surface area (Å²) in [4.78, 5) is 12.7. The van der Waals surface area contributed by atoms with Crippen LogP contribution in [0.15, 0.2) is 22.8 Å². The Bertz CT molecular complexity index is 906. The van der Waals surface area contributed by atoms with Crippen molar-refractivity contribution in [1.82, 2.24) is 9.78 Å². The molecule has 0 aliphatic rings. The molecule has 1 aromatic heterocycles. The van der Waals surface area contributed by atoms with E-state index in [1.807, 2.05) is 26.0 Å². The molecule has 0 radical (unpaired) electrons. The average Bonchev–Trinajstić information content (AvgIpc) is 2.84. The van der Waals surface area contributed by atoms with Crippen LogP contribution in [0, 0.1) is 20.8 Å². The predicted octanol–water partition coefficient (Wildman–Crippen LogP) is 2.80. The minimum Gasteiger partial charge on any atom is -0.320 e. The van der Waals surface area contributed by atoms with Crippen LogP contribution in [0.1, 0.15) is 27.2 Å².